The molecule has 1 aliphatic heterocycles. The number of benzene rings is 1. The summed E-state index contributed by atoms with van der Waals surface area (Å²) in [6.07, 6.45) is -4.72. The van der Waals surface area contributed by atoms with Gasteiger partial charge in [0.1, 0.15) is 11.4 Å². The van der Waals surface area contributed by atoms with Gasteiger partial charge in [-0.2, -0.15) is 13.2 Å². The van der Waals surface area contributed by atoms with Crippen LogP contribution in [-0.2, 0) is 11.0 Å². The molecule has 0 bridgehead atoms. The van der Waals surface area contributed by atoms with Gasteiger partial charge in [-0.05, 0) is 12.1 Å². The molecule has 0 saturated carbocycles. The van der Waals surface area contributed by atoms with Crippen LogP contribution in [0.1, 0.15) is 12.0 Å². The molecule has 0 N–H and O–H groups in total. The van der Waals surface area contributed by atoms with Crippen molar-refractivity contribution in [2.24, 2.45) is 0 Å². The minimum Gasteiger partial charge on any atom is -0.311 e. The zero-order valence-corrected chi connectivity index (χ0v) is 10.6. The summed E-state index contributed by atoms with van der Waals surface area (Å²) >= 11 is 3.17. The molecule has 1 heterocycles. The molecule has 2 rings (SSSR count). The number of amides is 1. The van der Waals surface area contributed by atoms with E-state index in [1.165, 1.54) is 0 Å². The SMILES string of the molecule is O=C1CC(Br)CN1c1cccc(F)c1C(F)(F)F. The van der Waals surface area contributed by atoms with Crippen molar-refractivity contribution in [1.82, 2.24) is 0 Å². The van der Waals surface area contributed by atoms with E-state index in [0.717, 1.165) is 23.1 Å². The molecule has 0 aromatic heterocycles. The van der Waals surface area contributed by atoms with Gasteiger partial charge in [0.2, 0.25) is 5.91 Å². The molecule has 0 spiro atoms. The lowest BCUT2D eigenvalue weighted by molar-refractivity contribution is -0.139. The van der Waals surface area contributed by atoms with Gasteiger partial charge in [0, 0.05) is 17.8 Å². The molecule has 0 aliphatic carbocycles. The highest BCUT2D eigenvalue weighted by Crippen LogP contribution is 2.40. The molecule has 1 aliphatic rings. The van der Waals surface area contributed by atoms with Gasteiger partial charge in [-0.1, -0.05) is 22.0 Å². The molecule has 0 radical (unpaired) electrons. The number of carbonyl (C=O) groups is 1. The van der Waals surface area contributed by atoms with Crippen molar-refractivity contribution in [3.8, 4) is 0 Å². The van der Waals surface area contributed by atoms with Gasteiger partial charge in [0.05, 0.1) is 5.69 Å². The van der Waals surface area contributed by atoms with Crippen molar-refractivity contribution in [2.75, 3.05) is 11.4 Å². The maximum Gasteiger partial charge on any atom is 0.421 e. The number of hydrogen-bond donors (Lipinski definition) is 0. The first kappa shape index (κ1) is 13.3. The van der Waals surface area contributed by atoms with Crippen LogP contribution in [0.5, 0.6) is 0 Å². The van der Waals surface area contributed by atoms with Gasteiger partial charge < -0.3 is 4.90 Å². The van der Waals surface area contributed by atoms with Gasteiger partial charge in [-0.25, -0.2) is 4.39 Å². The Kier molecular flexibility index (Phi) is 3.35. The van der Waals surface area contributed by atoms with Crippen LogP contribution in [0, 0.1) is 5.82 Å². The third-order valence-electron chi connectivity index (χ3n) is 2.64. The Hall–Kier alpha value is -1.11. The van der Waals surface area contributed by atoms with Crippen molar-refractivity contribution < 1.29 is 22.4 Å². The zero-order chi connectivity index (χ0) is 13.5. The highest BCUT2D eigenvalue weighted by atomic mass is 79.9. The molecule has 1 amide bonds. The molecule has 18 heavy (non-hydrogen) atoms. The van der Waals surface area contributed by atoms with Crippen molar-refractivity contribution in [1.29, 1.82) is 0 Å². The maximum absolute atomic E-state index is 13.4. The van der Waals surface area contributed by atoms with Crippen LogP contribution < -0.4 is 4.90 Å². The summed E-state index contributed by atoms with van der Waals surface area (Å²) in [5, 5.41) is 0. The second kappa shape index (κ2) is 4.53. The van der Waals surface area contributed by atoms with Crippen LogP contribution in [-0.4, -0.2) is 17.3 Å². The Morgan fingerprint density at radius 3 is 2.50 bits per heavy atom. The van der Waals surface area contributed by atoms with Crippen LogP contribution in [0.3, 0.4) is 0 Å². The summed E-state index contributed by atoms with van der Waals surface area (Å²) in [5.41, 5.74) is -1.81. The largest absolute Gasteiger partial charge is 0.421 e. The molecule has 1 unspecified atom stereocenters. The lowest BCUT2D eigenvalue weighted by Gasteiger charge is -2.21. The smallest absolute Gasteiger partial charge is 0.311 e. The standard InChI is InChI=1S/C11H8BrF4NO/c12-6-4-9(18)17(5-6)8-3-1-2-7(13)10(8)11(14,15)16/h1-3,6H,4-5H2. The number of halogens is 5. The van der Waals surface area contributed by atoms with E-state index in [0.29, 0.717) is 0 Å². The van der Waals surface area contributed by atoms with Crippen LogP contribution in [0.25, 0.3) is 0 Å². The lowest BCUT2D eigenvalue weighted by atomic mass is 10.1. The average molecular weight is 326 g/mol. The number of rotatable bonds is 1. The van der Waals surface area contributed by atoms with Crippen molar-refractivity contribution >= 4 is 27.5 Å². The normalized spacial score (nSPS) is 20.6. The number of alkyl halides is 4. The van der Waals surface area contributed by atoms with E-state index < -0.39 is 29.2 Å². The highest BCUT2D eigenvalue weighted by molar-refractivity contribution is 9.09. The van der Waals surface area contributed by atoms with E-state index in [1.54, 1.807) is 0 Å². The Bertz CT molecular complexity index is 488. The summed E-state index contributed by atoms with van der Waals surface area (Å²) in [6, 6.07) is 3.00. The third kappa shape index (κ3) is 2.36. The topological polar surface area (TPSA) is 20.3 Å². The van der Waals surface area contributed by atoms with E-state index in [1.807, 2.05) is 0 Å². The zero-order valence-electron chi connectivity index (χ0n) is 8.97. The van der Waals surface area contributed by atoms with Crippen molar-refractivity contribution in [2.45, 2.75) is 17.4 Å². The predicted molar refractivity (Wildman–Crippen MR) is 61.1 cm³/mol. The van der Waals surface area contributed by atoms with Crippen molar-refractivity contribution in [3.05, 3.63) is 29.6 Å². The first-order valence-corrected chi connectivity index (χ1v) is 6.02. The molecule has 7 heteroatoms. The minimum atomic E-state index is -4.83. The molecule has 1 atom stereocenters. The van der Waals surface area contributed by atoms with Crippen LogP contribution in [0.4, 0.5) is 23.2 Å². The molecular formula is C11H8BrF4NO. The summed E-state index contributed by atoms with van der Waals surface area (Å²) < 4.78 is 51.7. The molecule has 98 valence electrons. The third-order valence-corrected chi connectivity index (χ3v) is 3.26. The number of carbonyl (C=O) groups excluding carboxylic acids is 1. The number of nitrogens with zero attached hydrogens (tertiary/aromatic N) is 1. The first-order valence-electron chi connectivity index (χ1n) is 5.11. The highest BCUT2D eigenvalue weighted by Gasteiger charge is 2.41. The fourth-order valence-electron chi connectivity index (χ4n) is 1.92. The molecule has 2 nitrogen and oxygen atoms in total. The summed E-state index contributed by atoms with van der Waals surface area (Å²) in [7, 11) is 0. The van der Waals surface area contributed by atoms with E-state index >= 15 is 0 Å². The Labute approximate surface area is 109 Å². The van der Waals surface area contributed by atoms with Gasteiger partial charge >= 0.3 is 6.18 Å². The predicted octanol–water partition coefficient (Wildman–Crippen LogP) is 3.34. The quantitative estimate of drug-likeness (QED) is 0.573. The second-order valence-corrected chi connectivity index (χ2v) is 5.23. The summed E-state index contributed by atoms with van der Waals surface area (Å²) in [6.45, 7) is 0.103. The van der Waals surface area contributed by atoms with Crippen molar-refractivity contribution in [3.63, 3.8) is 0 Å². The van der Waals surface area contributed by atoms with E-state index in [2.05, 4.69) is 15.9 Å². The lowest BCUT2D eigenvalue weighted by Crippen LogP contribution is -2.28. The molecular weight excluding hydrogens is 318 g/mol. The average Bonchev–Trinajstić information content (AvgIpc) is 2.55. The van der Waals surface area contributed by atoms with Gasteiger partial charge in [-0.15, -0.1) is 0 Å². The fourth-order valence-corrected chi connectivity index (χ4v) is 2.48. The van der Waals surface area contributed by atoms with Crippen LogP contribution in [0.2, 0.25) is 0 Å². The maximum atomic E-state index is 13.4. The molecule has 1 saturated heterocycles. The van der Waals surface area contributed by atoms with Gasteiger partial charge in [0.15, 0.2) is 0 Å². The minimum absolute atomic E-state index is 0.103. The molecule has 1 fully saturated rings. The monoisotopic (exact) mass is 325 g/mol. The Morgan fingerprint density at radius 1 is 1.33 bits per heavy atom. The van der Waals surface area contributed by atoms with Gasteiger partial charge in [-0.3, -0.25) is 4.79 Å². The Morgan fingerprint density at radius 2 is 2.00 bits per heavy atom. The first-order chi connectivity index (χ1) is 8.30. The van der Waals surface area contributed by atoms with Crippen LogP contribution in [0.15, 0.2) is 18.2 Å². The molecule has 1 aromatic carbocycles. The number of hydrogen-bond acceptors (Lipinski definition) is 1. The molecule has 1 aromatic rings. The van der Waals surface area contributed by atoms with E-state index in [4.69, 9.17) is 0 Å². The summed E-state index contributed by atoms with van der Waals surface area (Å²) in [5.74, 6) is -1.82. The fraction of sp³-hybridized carbons (Fsp3) is 0.364. The second-order valence-electron chi connectivity index (χ2n) is 3.94. The van der Waals surface area contributed by atoms with Crippen LogP contribution >= 0.6 is 15.9 Å². The Balaban J connectivity index is 2.52. The van der Waals surface area contributed by atoms with E-state index in [-0.39, 0.29) is 17.8 Å². The van der Waals surface area contributed by atoms with E-state index in [9.17, 15) is 22.4 Å². The summed E-state index contributed by atoms with van der Waals surface area (Å²) in [4.78, 5) is 12.3. The number of anilines is 1. The van der Waals surface area contributed by atoms with Gasteiger partial charge in [0.25, 0.3) is 0 Å².